The number of rotatable bonds is 7. The third kappa shape index (κ3) is 6.59. The number of carbonyl (C=O) groups is 2. The molecule has 0 aliphatic carbocycles. The van der Waals surface area contributed by atoms with E-state index < -0.39 is 11.8 Å². The minimum absolute atomic E-state index is 0.164. The molecule has 0 bridgehead atoms. The summed E-state index contributed by atoms with van der Waals surface area (Å²) in [6, 6.07) is 22.4. The number of aromatic nitrogens is 1. The molecule has 3 rings (SSSR count). The number of ether oxygens (including phenoxy) is 1. The molecular weight excluding hydrogens is 368 g/mol. The predicted octanol–water partition coefficient (Wildman–Crippen LogP) is 2.43. The summed E-state index contributed by atoms with van der Waals surface area (Å²) in [7, 11) is 0. The van der Waals surface area contributed by atoms with Gasteiger partial charge in [-0.05, 0) is 35.4 Å². The van der Waals surface area contributed by atoms with E-state index in [1.54, 1.807) is 30.5 Å². The van der Waals surface area contributed by atoms with Crippen LogP contribution in [0.15, 0.2) is 84.1 Å². The summed E-state index contributed by atoms with van der Waals surface area (Å²) in [4.78, 5) is 27.7. The monoisotopic (exact) mass is 388 g/mol. The van der Waals surface area contributed by atoms with Crippen LogP contribution in [0.25, 0.3) is 0 Å². The average molecular weight is 388 g/mol. The second-order valence-corrected chi connectivity index (χ2v) is 6.05. The first-order valence-electron chi connectivity index (χ1n) is 8.98. The first-order chi connectivity index (χ1) is 14.2. The molecule has 0 aliphatic rings. The van der Waals surface area contributed by atoms with Gasteiger partial charge in [0.15, 0.2) is 0 Å². The Labute approximate surface area is 168 Å². The predicted molar refractivity (Wildman–Crippen MR) is 109 cm³/mol. The molecule has 0 radical (unpaired) electrons. The number of hydrogen-bond donors (Lipinski definition) is 2. The fourth-order valence-corrected chi connectivity index (χ4v) is 2.40. The highest BCUT2D eigenvalue weighted by atomic mass is 16.5. The zero-order chi connectivity index (χ0) is 20.3. The van der Waals surface area contributed by atoms with E-state index in [-0.39, 0.29) is 6.54 Å². The van der Waals surface area contributed by atoms with Gasteiger partial charge in [-0.2, -0.15) is 5.10 Å². The Hall–Kier alpha value is -4.00. The second-order valence-electron chi connectivity index (χ2n) is 6.05. The summed E-state index contributed by atoms with van der Waals surface area (Å²) in [5, 5.41) is 6.30. The largest absolute Gasteiger partial charge is 0.489 e. The maximum atomic E-state index is 11.8. The molecule has 1 heterocycles. The lowest BCUT2D eigenvalue weighted by atomic mass is 10.2. The summed E-state index contributed by atoms with van der Waals surface area (Å²) in [6.07, 6.45) is 3.06. The Morgan fingerprint density at radius 3 is 2.59 bits per heavy atom. The molecule has 2 aromatic carbocycles. The van der Waals surface area contributed by atoms with E-state index in [2.05, 4.69) is 20.8 Å². The van der Waals surface area contributed by atoms with Gasteiger partial charge >= 0.3 is 11.8 Å². The summed E-state index contributed by atoms with van der Waals surface area (Å²) < 4.78 is 5.75. The van der Waals surface area contributed by atoms with Gasteiger partial charge < -0.3 is 10.1 Å². The molecule has 0 aliphatic heterocycles. The van der Waals surface area contributed by atoms with Crippen LogP contribution in [0.3, 0.4) is 0 Å². The maximum absolute atomic E-state index is 11.8. The number of nitrogens with one attached hydrogen (secondary N) is 2. The van der Waals surface area contributed by atoms with Crippen LogP contribution in [0.4, 0.5) is 0 Å². The average Bonchev–Trinajstić information content (AvgIpc) is 2.77. The van der Waals surface area contributed by atoms with Gasteiger partial charge in [0.25, 0.3) is 0 Å². The molecule has 0 saturated carbocycles. The number of pyridine rings is 1. The van der Waals surface area contributed by atoms with Crippen molar-refractivity contribution < 1.29 is 14.3 Å². The van der Waals surface area contributed by atoms with Crippen molar-refractivity contribution in [3.8, 4) is 5.75 Å². The van der Waals surface area contributed by atoms with E-state index in [9.17, 15) is 9.59 Å². The van der Waals surface area contributed by atoms with Crippen molar-refractivity contribution >= 4 is 18.0 Å². The number of amides is 2. The molecule has 29 heavy (non-hydrogen) atoms. The molecule has 2 amide bonds. The van der Waals surface area contributed by atoms with Crippen LogP contribution >= 0.6 is 0 Å². The lowest BCUT2D eigenvalue weighted by Gasteiger charge is -2.06. The molecule has 0 spiro atoms. The van der Waals surface area contributed by atoms with Crippen molar-refractivity contribution in [2.45, 2.75) is 13.2 Å². The summed E-state index contributed by atoms with van der Waals surface area (Å²) >= 11 is 0. The van der Waals surface area contributed by atoms with Crippen molar-refractivity contribution in [3.63, 3.8) is 0 Å². The van der Waals surface area contributed by atoms with Crippen molar-refractivity contribution in [3.05, 3.63) is 95.8 Å². The molecule has 0 saturated heterocycles. The summed E-state index contributed by atoms with van der Waals surface area (Å²) in [6.45, 7) is 0.617. The Morgan fingerprint density at radius 2 is 1.79 bits per heavy atom. The molecule has 0 unspecified atom stereocenters. The normalized spacial score (nSPS) is 10.5. The highest BCUT2D eigenvalue weighted by molar-refractivity contribution is 6.35. The third-order valence-electron chi connectivity index (χ3n) is 3.85. The Kier molecular flexibility index (Phi) is 7.06. The quantitative estimate of drug-likeness (QED) is 0.369. The summed E-state index contributed by atoms with van der Waals surface area (Å²) in [5.41, 5.74) is 4.65. The van der Waals surface area contributed by atoms with Crippen molar-refractivity contribution in [2.24, 2.45) is 5.10 Å². The van der Waals surface area contributed by atoms with Gasteiger partial charge in [0.1, 0.15) is 12.4 Å². The van der Waals surface area contributed by atoms with E-state index in [1.807, 2.05) is 48.5 Å². The number of carbonyl (C=O) groups excluding carboxylic acids is 2. The van der Waals surface area contributed by atoms with Gasteiger partial charge in [-0.15, -0.1) is 0 Å². The lowest BCUT2D eigenvalue weighted by Crippen LogP contribution is -2.37. The molecule has 0 atom stereocenters. The van der Waals surface area contributed by atoms with Crippen LogP contribution in [-0.2, 0) is 22.7 Å². The highest BCUT2D eigenvalue weighted by Gasteiger charge is 2.12. The van der Waals surface area contributed by atoms with Gasteiger partial charge in [-0.3, -0.25) is 14.6 Å². The topological polar surface area (TPSA) is 92.7 Å². The Morgan fingerprint density at radius 1 is 0.966 bits per heavy atom. The number of benzene rings is 2. The zero-order valence-electron chi connectivity index (χ0n) is 15.6. The highest BCUT2D eigenvalue weighted by Crippen LogP contribution is 2.14. The summed E-state index contributed by atoms with van der Waals surface area (Å²) in [5.74, 6) is -0.960. The molecule has 0 fully saturated rings. The third-order valence-corrected chi connectivity index (χ3v) is 3.85. The molecule has 3 aromatic rings. The van der Waals surface area contributed by atoms with Crippen molar-refractivity contribution in [1.82, 2.24) is 15.7 Å². The van der Waals surface area contributed by atoms with Crippen LogP contribution in [0.2, 0.25) is 0 Å². The van der Waals surface area contributed by atoms with Crippen LogP contribution < -0.4 is 15.5 Å². The molecule has 7 heteroatoms. The van der Waals surface area contributed by atoms with Gasteiger partial charge in [-0.25, -0.2) is 5.43 Å². The molecule has 1 aromatic heterocycles. The van der Waals surface area contributed by atoms with Crippen LogP contribution in [0, 0.1) is 0 Å². The first kappa shape index (κ1) is 19.8. The fourth-order valence-electron chi connectivity index (χ4n) is 2.40. The SMILES string of the molecule is O=C(NCc1ccccn1)C(=O)N/N=C/c1cccc(OCc2ccccc2)c1. The van der Waals surface area contributed by atoms with Gasteiger partial charge in [0.05, 0.1) is 18.5 Å². The van der Waals surface area contributed by atoms with E-state index in [0.29, 0.717) is 18.1 Å². The van der Waals surface area contributed by atoms with E-state index >= 15 is 0 Å². The van der Waals surface area contributed by atoms with E-state index in [0.717, 1.165) is 11.1 Å². The van der Waals surface area contributed by atoms with Gasteiger partial charge in [0, 0.05) is 6.20 Å². The lowest BCUT2D eigenvalue weighted by molar-refractivity contribution is -0.139. The number of hydrogen-bond acceptors (Lipinski definition) is 5. The standard InChI is InChI=1S/C22H20N4O3/c27-21(24-15-19-10-4-5-12-23-19)22(28)26-25-14-18-9-6-11-20(13-18)29-16-17-7-2-1-3-8-17/h1-14H,15-16H2,(H,24,27)(H,26,28)/b25-14+. The molecule has 146 valence electrons. The van der Waals surface area contributed by atoms with E-state index in [1.165, 1.54) is 6.21 Å². The van der Waals surface area contributed by atoms with E-state index in [4.69, 9.17) is 4.74 Å². The minimum Gasteiger partial charge on any atom is -0.489 e. The first-order valence-corrected chi connectivity index (χ1v) is 8.98. The number of hydrazone groups is 1. The van der Waals surface area contributed by atoms with Gasteiger partial charge in [-0.1, -0.05) is 48.5 Å². The molecule has 2 N–H and O–H groups in total. The molecule has 7 nitrogen and oxygen atoms in total. The second kappa shape index (κ2) is 10.4. The minimum atomic E-state index is -0.853. The fraction of sp³-hybridized carbons (Fsp3) is 0.0909. The molecular formula is C22H20N4O3. The maximum Gasteiger partial charge on any atom is 0.329 e. The van der Waals surface area contributed by atoms with Crippen LogP contribution in [0.5, 0.6) is 5.75 Å². The van der Waals surface area contributed by atoms with Gasteiger partial charge in [0.2, 0.25) is 0 Å². The smallest absolute Gasteiger partial charge is 0.329 e. The van der Waals surface area contributed by atoms with Crippen molar-refractivity contribution in [1.29, 1.82) is 0 Å². The zero-order valence-corrected chi connectivity index (χ0v) is 15.6. The van der Waals surface area contributed by atoms with Crippen LogP contribution in [0.1, 0.15) is 16.8 Å². The number of nitrogens with zero attached hydrogens (tertiary/aromatic N) is 2. The Balaban J connectivity index is 1.46. The Bertz CT molecular complexity index is 976. The van der Waals surface area contributed by atoms with Crippen LogP contribution in [-0.4, -0.2) is 23.0 Å². The van der Waals surface area contributed by atoms with Crippen molar-refractivity contribution in [2.75, 3.05) is 0 Å².